The number of nitrogens with zero attached hydrogens (tertiary/aromatic N) is 2. The molecule has 0 aliphatic carbocycles. The standard InChI is InChI=1S/C17H19N3.ClH/c1-13-11-12-14-7-5-6-10-16(14)20(13)17(18)19-15-8-3-2-4-9-15;/h2-10,13H,11-12H2,1H3,(H2,18,19);1H. The third-order valence-corrected chi connectivity index (χ3v) is 3.77. The van der Waals surface area contributed by atoms with E-state index < -0.39 is 0 Å². The monoisotopic (exact) mass is 301 g/mol. The van der Waals surface area contributed by atoms with Crippen molar-refractivity contribution in [2.24, 2.45) is 10.7 Å². The van der Waals surface area contributed by atoms with E-state index in [9.17, 15) is 0 Å². The normalized spacial score (nSPS) is 17.9. The number of anilines is 1. The Balaban J connectivity index is 0.00000161. The summed E-state index contributed by atoms with van der Waals surface area (Å²) < 4.78 is 0. The Morgan fingerprint density at radius 2 is 1.76 bits per heavy atom. The zero-order valence-electron chi connectivity index (χ0n) is 12.1. The maximum absolute atomic E-state index is 6.26. The summed E-state index contributed by atoms with van der Waals surface area (Å²) >= 11 is 0. The molecule has 0 aromatic heterocycles. The molecule has 3 nitrogen and oxygen atoms in total. The Labute approximate surface area is 131 Å². The van der Waals surface area contributed by atoms with Crippen molar-refractivity contribution in [3.05, 3.63) is 60.2 Å². The number of hydrogen-bond donors (Lipinski definition) is 1. The molecule has 2 aromatic rings. The zero-order chi connectivity index (χ0) is 13.9. The van der Waals surface area contributed by atoms with Crippen molar-refractivity contribution < 1.29 is 0 Å². The highest BCUT2D eigenvalue weighted by Crippen LogP contribution is 2.30. The van der Waals surface area contributed by atoms with Gasteiger partial charge in [-0.05, 0) is 43.5 Å². The number of para-hydroxylation sites is 2. The van der Waals surface area contributed by atoms with Crippen LogP contribution in [0.4, 0.5) is 11.4 Å². The molecule has 2 aromatic carbocycles. The van der Waals surface area contributed by atoms with Gasteiger partial charge in [-0.2, -0.15) is 0 Å². The van der Waals surface area contributed by atoms with Crippen molar-refractivity contribution >= 4 is 29.7 Å². The van der Waals surface area contributed by atoms with Crippen LogP contribution in [-0.4, -0.2) is 12.0 Å². The van der Waals surface area contributed by atoms with Gasteiger partial charge in [0.15, 0.2) is 0 Å². The number of rotatable bonds is 1. The largest absolute Gasteiger partial charge is 0.369 e. The zero-order valence-corrected chi connectivity index (χ0v) is 12.9. The van der Waals surface area contributed by atoms with Crippen molar-refractivity contribution in [2.45, 2.75) is 25.8 Å². The highest BCUT2D eigenvalue weighted by Gasteiger charge is 2.25. The van der Waals surface area contributed by atoms with Crippen molar-refractivity contribution in [2.75, 3.05) is 4.90 Å². The molecule has 0 amide bonds. The summed E-state index contributed by atoms with van der Waals surface area (Å²) in [4.78, 5) is 6.70. The van der Waals surface area contributed by atoms with Crippen LogP contribution >= 0.6 is 12.4 Å². The topological polar surface area (TPSA) is 41.6 Å². The first-order valence-corrected chi connectivity index (χ1v) is 7.02. The molecule has 1 aliphatic rings. The third kappa shape index (κ3) is 3.19. The molecule has 0 fully saturated rings. The van der Waals surface area contributed by atoms with Gasteiger partial charge in [-0.1, -0.05) is 36.4 Å². The van der Waals surface area contributed by atoms with E-state index in [1.807, 2.05) is 30.3 Å². The molecule has 0 radical (unpaired) electrons. The molecule has 1 atom stereocenters. The molecule has 1 heterocycles. The van der Waals surface area contributed by atoms with Gasteiger partial charge in [0.2, 0.25) is 5.96 Å². The van der Waals surface area contributed by atoms with E-state index in [0.29, 0.717) is 12.0 Å². The highest BCUT2D eigenvalue weighted by atomic mass is 35.5. The number of aryl methyl sites for hydroxylation is 1. The molecule has 0 saturated heterocycles. The Bertz CT molecular complexity index is 625. The maximum atomic E-state index is 6.26. The molecule has 1 aliphatic heterocycles. The minimum Gasteiger partial charge on any atom is -0.369 e. The lowest BCUT2D eigenvalue weighted by atomic mass is 9.97. The van der Waals surface area contributed by atoms with E-state index in [1.54, 1.807) is 0 Å². The average molecular weight is 302 g/mol. The summed E-state index contributed by atoms with van der Waals surface area (Å²) in [7, 11) is 0. The quantitative estimate of drug-likeness (QED) is 0.641. The van der Waals surface area contributed by atoms with Gasteiger partial charge in [-0.3, -0.25) is 0 Å². The molecule has 0 saturated carbocycles. The predicted molar refractivity (Wildman–Crippen MR) is 91.7 cm³/mol. The summed E-state index contributed by atoms with van der Waals surface area (Å²) in [6.07, 6.45) is 2.20. The van der Waals surface area contributed by atoms with Crippen LogP contribution in [0.15, 0.2) is 59.6 Å². The number of halogens is 1. The summed E-state index contributed by atoms with van der Waals surface area (Å²) in [5, 5.41) is 0. The average Bonchev–Trinajstić information content (AvgIpc) is 2.48. The molecule has 3 rings (SSSR count). The third-order valence-electron chi connectivity index (χ3n) is 3.77. The maximum Gasteiger partial charge on any atom is 0.201 e. The fraction of sp³-hybridized carbons (Fsp3) is 0.235. The van der Waals surface area contributed by atoms with Gasteiger partial charge < -0.3 is 10.6 Å². The Morgan fingerprint density at radius 1 is 1.10 bits per heavy atom. The van der Waals surface area contributed by atoms with E-state index in [1.165, 1.54) is 11.3 Å². The summed E-state index contributed by atoms with van der Waals surface area (Å²) in [6, 6.07) is 18.7. The number of nitrogens with two attached hydrogens (primary N) is 1. The van der Waals surface area contributed by atoms with Crippen molar-refractivity contribution in [1.82, 2.24) is 0 Å². The van der Waals surface area contributed by atoms with Gasteiger partial charge >= 0.3 is 0 Å². The molecular weight excluding hydrogens is 282 g/mol. The molecule has 0 bridgehead atoms. The van der Waals surface area contributed by atoms with Crippen molar-refractivity contribution in [1.29, 1.82) is 0 Å². The predicted octanol–water partition coefficient (Wildman–Crippen LogP) is 3.90. The van der Waals surface area contributed by atoms with Gasteiger partial charge in [0.25, 0.3) is 0 Å². The molecule has 0 spiro atoms. The van der Waals surface area contributed by atoms with Gasteiger partial charge in [-0.25, -0.2) is 4.99 Å². The Morgan fingerprint density at radius 3 is 2.52 bits per heavy atom. The van der Waals surface area contributed by atoms with E-state index in [4.69, 9.17) is 5.73 Å². The van der Waals surface area contributed by atoms with Gasteiger partial charge in [0, 0.05) is 11.7 Å². The number of benzene rings is 2. The fourth-order valence-corrected chi connectivity index (χ4v) is 2.73. The van der Waals surface area contributed by atoms with Crippen LogP contribution in [0.3, 0.4) is 0 Å². The molecule has 21 heavy (non-hydrogen) atoms. The van der Waals surface area contributed by atoms with Gasteiger partial charge in [-0.15, -0.1) is 12.4 Å². The van der Waals surface area contributed by atoms with Gasteiger partial charge in [0.1, 0.15) is 0 Å². The van der Waals surface area contributed by atoms with Crippen molar-refractivity contribution in [3.63, 3.8) is 0 Å². The number of aliphatic imine (C=N–C) groups is 1. The lowest BCUT2D eigenvalue weighted by Crippen LogP contribution is -2.46. The fourth-order valence-electron chi connectivity index (χ4n) is 2.73. The number of hydrogen-bond acceptors (Lipinski definition) is 1. The van der Waals surface area contributed by atoms with Crippen LogP contribution < -0.4 is 10.6 Å². The van der Waals surface area contributed by atoms with Gasteiger partial charge in [0.05, 0.1) is 5.69 Å². The van der Waals surface area contributed by atoms with Crippen LogP contribution in [0.5, 0.6) is 0 Å². The molecule has 1 unspecified atom stereocenters. The summed E-state index contributed by atoms with van der Waals surface area (Å²) in [5.41, 5.74) is 9.68. The second-order valence-corrected chi connectivity index (χ2v) is 5.19. The van der Waals surface area contributed by atoms with E-state index in [2.05, 4.69) is 41.1 Å². The SMILES string of the molecule is CC1CCc2ccccc2N1C(N)=Nc1ccccc1.Cl. The van der Waals surface area contributed by atoms with Crippen molar-refractivity contribution in [3.8, 4) is 0 Å². The number of fused-ring (bicyclic) bond motifs is 1. The van der Waals surface area contributed by atoms with E-state index >= 15 is 0 Å². The number of guanidine groups is 1. The lowest BCUT2D eigenvalue weighted by molar-refractivity contribution is 0.626. The minimum absolute atomic E-state index is 0. The van der Waals surface area contributed by atoms with Crippen LogP contribution in [0.25, 0.3) is 0 Å². The van der Waals surface area contributed by atoms with Crippen LogP contribution in [0.2, 0.25) is 0 Å². The first-order valence-electron chi connectivity index (χ1n) is 7.02. The molecule has 2 N–H and O–H groups in total. The molecule has 110 valence electrons. The van der Waals surface area contributed by atoms with Crippen LogP contribution in [-0.2, 0) is 6.42 Å². The minimum atomic E-state index is 0. The van der Waals surface area contributed by atoms with E-state index in [0.717, 1.165) is 18.5 Å². The second-order valence-electron chi connectivity index (χ2n) is 5.19. The van der Waals surface area contributed by atoms with E-state index in [-0.39, 0.29) is 12.4 Å². The molecule has 4 heteroatoms. The Kier molecular flexibility index (Phi) is 4.86. The first kappa shape index (κ1) is 15.4. The highest BCUT2D eigenvalue weighted by molar-refractivity contribution is 5.98. The second kappa shape index (κ2) is 6.64. The van der Waals surface area contributed by atoms with Crippen LogP contribution in [0, 0.1) is 0 Å². The molecular formula is C17H20ClN3. The summed E-state index contributed by atoms with van der Waals surface area (Å²) in [6.45, 7) is 2.20. The first-order chi connectivity index (χ1) is 9.75. The smallest absolute Gasteiger partial charge is 0.201 e. The summed E-state index contributed by atoms with van der Waals surface area (Å²) in [5.74, 6) is 0.566. The van der Waals surface area contributed by atoms with Crippen LogP contribution in [0.1, 0.15) is 18.9 Å². The Hall–Kier alpha value is -2.00. The lowest BCUT2D eigenvalue weighted by Gasteiger charge is -2.36.